The summed E-state index contributed by atoms with van der Waals surface area (Å²) in [4.78, 5) is 0.266. The van der Waals surface area contributed by atoms with Gasteiger partial charge in [-0.15, -0.1) is 0 Å². The zero-order valence-corrected chi connectivity index (χ0v) is 15.0. The molecule has 1 atom stereocenters. The van der Waals surface area contributed by atoms with Crippen LogP contribution in [0.3, 0.4) is 0 Å². The molecule has 1 aliphatic carbocycles. The van der Waals surface area contributed by atoms with E-state index in [-0.39, 0.29) is 17.0 Å². The first-order valence-corrected chi connectivity index (χ1v) is 9.81. The summed E-state index contributed by atoms with van der Waals surface area (Å²) < 4.78 is 33.7. The topological polar surface area (TPSA) is 81.4 Å². The largest absolute Gasteiger partial charge is 0.491 e. The summed E-state index contributed by atoms with van der Waals surface area (Å²) in [7, 11) is -3.56. The predicted molar refractivity (Wildman–Crippen MR) is 92.1 cm³/mol. The van der Waals surface area contributed by atoms with Crippen molar-refractivity contribution in [3.05, 3.63) is 23.8 Å². The molecule has 6 heteroatoms. The normalized spacial score (nSPS) is 17.6. The standard InChI is InChI=1S/C17H28N2O3S/c1-12(2)22-17-9-8-15(10-13(17)3)23(20,21)19-16(11-18)14-6-4-5-7-14/h8-10,12,14,16,19H,4-7,11,18H2,1-3H3. The summed E-state index contributed by atoms with van der Waals surface area (Å²) in [6.45, 7) is 6.07. The number of ether oxygens (including phenoxy) is 1. The van der Waals surface area contributed by atoms with Crippen LogP contribution in [-0.2, 0) is 10.0 Å². The van der Waals surface area contributed by atoms with Crippen LogP contribution in [0.25, 0.3) is 0 Å². The summed E-state index contributed by atoms with van der Waals surface area (Å²) in [5.74, 6) is 1.06. The highest BCUT2D eigenvalue weighted by molar-refractivity contribution is 7.89. The van der Waals surface area contributed by atoms with Crippen LogP contribution in [0.15, 0.2) is 23.1 Å². The fourth-order valence-corrected chi connectivity index (χ4v) is 4.54. The monoisotopic (exact) mass is 340 g/mol. The van der Waals surface area contributed by atoms with Crippen molar-refractivity contribution in [3.8, 4) is 5.75 Å². The Morgan fingerprint density at radius 3 is 2.48 bits per heavy atom. The van der Waals surface area contributed by atoms with Gasteiger partial charge >= 0.3 is 0 Å². The van der Waals surface area contributed by atoms with Crippen molar-refractivity contribution >= 4 is 10.0 Å². The number of rotatable bonds is 7. The molecule has 130 valence electrons. The van der Waals surface area contributed by atoms with Crippen molar-refractivity contribution in [1.29, 1.82) is 0 Å². The van der Waals surface area contributed by atoms with E-state index in [1.807, 2.05) is 20.8 Å². The van der Waals surface area contributed by atoms with Gasteiger partial charge in [0.1, 0.15) is 5.75 Å². The highest BCUT2D eigenvalue weighted by atomic mass is 32.2. The molecule has 1 aliphatic rings. The van der Waals surface area contributed by atoms with Crippen LogP contribution in [0.5, 0.6) is 5.75 Å². The number of aryl methyl sites for hydroxylation is 1. The summed E-state index contributed by atoms with van der Waals surface area (Å²) in [5, 5.41) is 0. The van der Waals surface area contributed by atoms with Crippen molar-refractivity contribution in [3.63, 3.8) is 0 Å². The van der Waals surface area contributed by atoms with Crippen molar-refractivity contribution in [2.24, 2.45) is 11.7 Å². The fourth-order valence-electron chi connectivity index (χ4n) is 3.14. The Balaban J connectivity index is 2.16. The number of hydrogen-bond acceptors (Lipinski definition) is 4. The average Bonchev–Trinajstić information content (AvgIpc) is 3.00. The van der Waals surface area contributed by atoms with Crippen molar-refractivity contribution in [2.45, 2.75) is 63.5 Å². The van der Waals surface area contributed by atoms with E-state index in [1.165, 1.54) is 0 Å². The molecule has 23 heavy (non-hydrogen) atoms. The van der Waals surface area contributed by atoms with E-state index >= 15 is 0 Å². The van der Waals surface area contributed by atoms with Gasteiger partial charge in [0.15, 0.2) is 0 Å². The highest BCUT2D eigenvalue weighted by Gasteiger charge is 2.28. The van der Waals surface area contributed by atoms with Gasteiger partial charge in [-0.25, -0.2) is 13.1 Å². The van der Waals surface area contributed by atoms with E-state index in [4.69, 9.17) is 10.5 Å². The molecule has 1 unspecified atom stereocenters. The first-order valence-electron chi connectivity index (χ1n) is 8.33. The lowest BCUT2D eigenvalue weighted by molar-refractivity contribution is 0.240. The Morgan fingerprint density at radius 2 is 1.96 bits per heavy atom. The zero-order valence-electron chi connectivity index (χ0n) is 14.2. The summed E-state index contributed by atoms with van der Waals surface area (Å²) in [6.07, 6.45) is 4.46. The van der Waals surface area contributed by atoms with E-state index in [2.05, 4.69) is 4.72 Å². The number of nitrogens with two attached hydrogens (primary N) is 1. The number of sulfonamides is 1. The SMILES string of the molecule is Cc1cc(S(=O)(=O)NC(CN)C2CCCC2)ccc1OC(C)C. The number of benzene rings is 1. The Bertz CT molecular complexity index is 623. The van der Waals surface area contributed by atoms with Gasteiger partial charge in [0.25, 0.3) is 0 Å². The van der Waals surface area contributed by atoms with E-state index in [1.54, 1.807) is 18.2 Å². The van der Waals surface area contributed by atoms with Crippen molar-refractivity contribution < 1.29 is 13.2 Å². The molecule has 1 fully saturated rings. The van der Waals surface area contributed by atoms with E-state index in [9.17, 15) is 8.42 Å². The second-order valence-electron chi connectivity index (χ2n) is 6.60. The first-order chi connectivity index (χ1) is 10.8. The second-order valence-corrected chi connectivity index (χ2v) is 8.32. The molecule has 0 heterocycles. The van der Waals surface area contributed by atoms with Gasteiger partial charge in [0, 0.05) is 12.6 Å². The van der Waals surface area contributed by atoms with Gasteiger partial charge in [-0.3, -0.25) is 0 Å². The quantitative estimate of drug-likeness (QED) is 0.799. The summed E-state index contributed by atoms with van der Waals surface area (Å²) in [6, 6.07) is 4.78. The molecule has 0 aliphatic heterocycles. The third-order valence-corrected chi connectivity index (χ3v) is 5.84. The lowest BCUT2D eigenvalue weighted by Gasteiger charge is -2.23. The number of hydrogen-bond donors (Lipinski definition) is 2. The molecule has 2 rings (SSSR count). The molecule has 0 bridgehead atoms. The van der Waals surface area contributed by atoms with Gasteiger partial charge in [-0.1, -0.05) is 12.8 Å². The molecular formula is C17H28N2O3S. The van der Waals surface area contributed by atoms with Crippen LogP contribution in [0.4, 0.5) is 0 Å². The Kier molecular flexibility index (Phi) is 6.06. The third kappa shape index (κ3) is 4.68. The third-order valence-electron chi connectivity index (χ3n) is 4.35. The lowest BCUT2D eigenvalue weighted by atomic mass is 9.99. The van der Waals surface area contributed by atoms with E-state index < -0.39 is 10.0 Å². The first kappa shape index (κ1) is 18.2. The Hall–Kier alpha value is -1.11. The van der Waals surface area contributed by atoms with Crippen LogP contribution in [0.1, 0.15) is 45.1 Å². The molecule has 0 amide bonds. The maximum absolute atomic E-state index is 12.6. The maximum Gasteiger partial charge on any atom is 0.240 e. The van der Waals surface area contributed by atoms with Crippen LogP contribution in [-0.4, -0.2) is 27.1 Å². The molecular weight excluding hydrogens is 312 g/mol. The summed E-state index contributed by atoms with van der Waals surface area (Å²) >= 11 is 0. The van der Waals surface area contributed by atoms with Crippen LogP contribution in [0.2, 0.25) is 0 Å². The molecule has 0 radical (unpaired) electrons. The van der Waals surface area contributed by atoms with Gasteiger partial charge in [-0.05, 0) is 63.3 Å². The van der Waals surface area contributed by atoms with Gasteiger partial charge < -0.3 is 10.5 Å². The minimum absolute atomic E-state index is 0.0540. The minimum atomic E-state index is -3.56. The second kappa shape index (κ2) is 7.64. The minimum Gasteiger partial charge on any atom is -0.491 e. The molecule has 1 saturated carbocycles. The average molecular weight is 340 g/mol. The number of nitrogens with one attached hydrogen (secondary N) is 1. The van der Waals surface area contributed by atoms with Gasteiger partial charge in [0.05, 0.1) is 11.0 Å². The molecule has 1 aromatic carbocycles. The van der Waals surface area contributed by atoms with E-state index in [0.717, 1.165) is 31.2 Å². The van der Waals surface area contributed by atoms with E-state index in [0.29, 0.717) is 18.2 Å². The van der Waals surface area contributed by atoms with Crippen molar-refractivity contribution in [2.75, 3.05) is 6.54 Å². The van der Waals surface area contributed by atoms with Crippen LogP contribution in [0, 0.1) is 12.8 Å². The molecule has 0 aromatic heterocycles. The Labute approximate surface area is 139 Å². The van der Waals surface area contributed by atoms with Crippen molar-refractivity contribution in [1.82, 2.24) is 4.72 Å². The highest BCUT2D eigenvalue weighted by Crippen LogP contribution is 2.29. The molecule has 5 nitrogen and oxygen atoms in total. The Morgan fingerprint density at radius 1 is 1.30 bits per heavy atom. The van der Waals surface area contributed by atoms with Crippen LogP contribution < -0.4 is 15.2 Å². The predicted octanol–water partition coefficient (Wildman–Crippen LogP) is 2.58. The fraction of sp³-hybridized carbons (Fsp3) is 0.647. The molecule has 0 saturated heterocycles. The summed E-state index contributed by atoms with van der Waals surface area (Å²) in [5.41, 5.74) is 6.61. The zero-order chi connectivity index (χ0) is 17.0. The van der Waals surface area contributed by atoms with Gasteiger partial charge in [-0.2, -0.15) is 0 Å². The maximum atomic E-state index is 12.6. The molecule has 0 spiro atoms. The van der Waals surface area contributed by atoms with Crippen LogP contribution >= 0.6 is 0 Å². The molecule has 1 aromatic rings. The van der Waals surface area contributed by atoms with Gasteiger partial charge in [0.2, 0.25) is 10.0 Å². The molecule has 3 N–H and O–H groups in total. The smallest absolute Gasteiger partial charge is 0.240 e. The lowest BCUT2D eigenvalue weighted by Crippen LogP contribution is -2.44.